The standard InChI is InChI=1S/C71H132O6/c1-4-7-10-13-16-19-22-24-26-27-28-29-30-31-32-33-34-35-36-37-38-39-40-41-42-43-45-46-49-52-55-58-61-64-70(73)76-67-68(66-75-69(72)63-60-57-54-51-48-21-18-15-12-9-6-3)77-71(74)65-62-59-56-53-50-47-44-25-23-20-17-14-11-8-5-2/h15,18,25,27-28,44,68H,4-14,16-17,19-24,26,29-43,45-67H2,1-3H3/b18-15-,28-27-,44-25-. The highest BCUT2D eigenvalue weighted by Crippen LogP contribution is 2.18. The average Bonchev–Trinajstić information content (AvgIpc) is 3.43. The molecule has 6 heteroatoms. The second-order valence-corrected chi connectivity index (χ2v) is 23.4. The van der Waals surface area contributed by atoms with Crippen LogP contribution in [-0.2, 0) is 28.6 Å². The predicted molar refractivity (Wildman–Crippen MR) is 335 cm³/mol. The van der Waals surface area contributed by atoms with Crippen LogP contribution in [0.1, 0.15) is 380 Å². The third-order valence-corrected chi connectivity index (χ3v) is 15.6. The van der Waals surface area contributed by atoms with Crippen molar-refractivity contribution in [2.75, 3.05) is 13.2 Å². The number of carbonyl (C=O) groups excluding carboxylic acids is 3. The number of rotatable bonds is 64. The van der Waals surface area contributed by atoms with E-state index in [0.717, 1.165) is 70.6 Å². The first-order valence-electron chi connectivity index (χ1n) is 34.5. The highest BCUT2D eigenvalue weighted by Gasteiger charge is 2.19. The Balaban J connectivity index is 4.05. The molecule has 0 bridgehead atoms. The summed E-state index contributed by atoms with van der Waals surface area (Å²) in [5.41, 5.74) is 0. The van der Waals surface area contributed by atoms with Crippen LogP contribution in [-0.4, -0.2) is 37.2 Å². The minimum absolute atomic E-state index is 0.0740. The Morgan fingerprint density at radius 3 is 0.688 bits per heavy atom. The van der Waals surface area contributed by atoms with E-state index in [1.54, 1.807) is 0 Å². The molecule has 452 valence electrons. The summed E-state index contributed by atoms with van der Waals surface area (Å²) in [5.74, 6) is -0.871. The Hall–Kier alpha value is -2.37. The van der Waals surface area contributed by atoms with Gasteiger partial charge in [-0.1, -0.05) is 308 Å². The maximum Gasteiger partial charge on any atom is 0.306 e. The summed E-state index contributed by atoms with van der Waals surface area (Å²) >= 11 is 0. The molecule has 6 nitrogen and oxygen atoms in total. The van der Waals surface area contributed by atoms with Gasteiger partial charge < -0.3 is 14.2 Å². The quantitative estimate of drug-likeness (QED) is 0.0261. The monoisotopic (exact) mass is 1080 g/mol. The smallest absolute Gasteiger partial charge is 0.306 e. The molecule has 0 saturated heterocycles. The summed E-state index contributed by atoms with van der Waals surface area (Å²) in [4.78, 5) is 38.2. The SMILES string of the molecule is CCCC/C=C\CCCCCCCC(=O)OCC(COC(=O)CCCCCCCCCCCCCCCCCCCCCCC/C=C\CCCCCCCCCC)OC(=O)CCCCCCC/C=C\CCCCCCCC. The second kappa shape index (κ2) is 66.1. The molecule has 1 unspecified atom stereocenters. The van der Waals surface area contributed by atoms with Crippen LogP contribution in [0.2, 0.25) is 0 Å². The van der Waals surface area contributed by atoms with Gasteiger partial charge in [0, 0.05) is 19.3 Å². The summed E-state index contributed by atoms with van der Waals surface area (Å²) < 4.78 is 16.9. The number of ether oxygens (including phenoxy) is 3. The zero-order chi connectivity index (χ0) is 55.7. The summed E-state index contributed by atoms with van der Waals surface area (Å²) in [6.07, 6.45) is 81.9. The lowest BCUT2D eigenvalue weighted by Crippen LogP contribution is -2.30. The fourth-order valence-corrected chi connectivity index (χ4v) is 10.4. The van der Waals surface area contributed by atoms with Crippen LogP contribution in [0.3, 0.4) is 0 Å². The first-order chi connectivity index (χ1) is 38.0. The zero-order valence-electron chi connectivity index (χ0n) is 52.0. The fraction of sp³-hybridized carbons (Fsp3) is 0.873. The highest BCUT2D eigenvalue weighted by atomic mass is 16.6. The van der Waals surface area contributed by atoms with Gasteiger partial charge in [-0.3, -0.25) is 14.4 Å². The highest BCUT2D eigenvalue weighted by molar-refractivity contribution is 5.71. The molecule has 0 aromatic rings. The molecule has 0 rings (SSSR count). The largest absolute Gasteiger partial charge is 0.462 e. The summed E-state index contributed by atoms with van der Waals surface area (Å²) in [7, 11) is 0. The van der Waals surface area contributed by atoms with E-state index < -0.39 is 6.10 Å². The molecule has 0 fully saturated rings. The summed E-state index contributed by atoms with van der Waals surface area (Å²) in [6, 6.07) is 0. The molecule has 1 atom stereocenters. The van der Waals surface area contributed by atoms with Gasteiger partial charge in [-0.2, -0.15) is 0 Å². The Kier molecular flexibility index (Phi) is 64.1. The van der Waals surface area contributed by atoms with E-state index >= 15 is 0 Å². The summed E-state index contributed by atoms with van der Waals surface area (Å²) in [6.45, 7) is 6.64. The number of carbonyl (C=O) groups is 3. The second-order valence-electron chi connectivity index (χ2n) is 23.4. The average molecular weight is 1080 g/mol. The molecule has 0 amide bonds. The third-order valence-electron chi connectivity index (χ3n) is 15.6. The minimum atomic E-state index is -0.777. The van der Waals surface area contributed by atoms with Crippen LogP contribution >= 0.6 is 0 Å². The van der Waals surface area contributed by atoms with Crippen LogP contribution in [0.5, 0.6) is 0 Å². The lowest BCUT2D eigenvalue weighted by atomic mass is 10.0. The number of esters is 3. The molecule has 0 aromatic carbocycles. The molecule has 0 aliphatic carbocycles. The van der Waals surface area contributed by atoms with Gasteiger partial charge in [-0.15, -0.1) is 0 Å². The van der Waals surface area contributed by atoms with Gasteiger partial charge in [0.05, 0.1) is 0 Å². The van der Waals surface area contributed by atoms with Crippen LogP contribution in [0.15, 0.2) is 36.5 Å². The lowest BCUT2D eigenvalue weighted by molar-refractivity contribution is -0.167. The molecule has 0 aromatic heterocycles. The van der Waals surface area contributed by atoms with Crippen molar-refractivity contribution in [3.05, 3.63) is 36.5 Å². The molecule has 0 radical (unpaired) electrons. The van der Waals surface area contributed by atoms with E-state index in [1.165, 1.54) is 270 Å². The van der Waals surface area contributed by atoms with Crippen molar-refractivity contribution < 1.29 is 28.6 Å². The molecule has 0 heterocycles. The van der Waals surface area contributed by atoms with Crippen molar-refractivity contribution in [1.82, 2.24) is 0 Å². The van der Waals surface area contributed by atoms with Crippen LogP contribution < -0.4 is 0 Å². The van der Waals surface area contributed by atoms with Crippen molar-refractivity contribution in [2.45, 2.75) is 386 Å². The molecular formula is C71H132O6. The molecular weight excluding hydrogens is 949 g/mol. The lowest BCUT2D eigenvalue weighted by Gasteiger charge is -2.18. The van der Waals surface area contributed by atoms with Gasteiger partial charge >= 0.3 is 17.9 Å². The van der Waals surface area contributed by atoms with Gasteiger partial charge in [-0.25, -0.2) is 0 Å². The maximum absolute atomic E-state index is 12.9. The van der Waals surface area contributed by atoms with Gasteiger partial charge in [-0.05, 0) is 89.9 Å². The normalized spacial score (nSPS) is 12.2. The Morgan fingerprint density at radius 1 is 0.247 bits per heavy atom. The van der Waals surface area contributed by atoms with Gasteiger partial charge in [0.15, 0.2) is 6.10 Å². The summed E-state index contributed by atoms with van der Waals surface area (Å²) in [5, 5.41) is 0. The van der Waals surface area contributed by atoms with Gasteiger partial charge in [0.25, 0.3) is 0 Å². The first kappa shape index (κ1) is 74.6. The zero-order valence-corrected chi connectivity index (χ0v) is 52.0. The topological polar surface area (TPSA) is 78.9 Å². The predicted octanol–water partition coefficient (Wildman–Crippen LogP) is 23.6. The van der Waals surface area contributed by atoms with E-state index in [0.29, 0.717) is 19.3 Å². The Labute approximate surface area is 480 Å². The van der Waals surface area contributed by atoms with Crippen molar-refractivity contribution >= 4 is 17.9 Å². The number of allylic oxidation sites excluding steroid dienone is 6. The Bertz CT molecular complexity index is 1290. The van der Waals surface area contributed by atoms with E-state index in [9.17, 15) is 14.4 Å². The minimum Gasteiger partial charge on any atom is -0.462 e. The molecule has 0 saturated carbocycles. The molecule has 0 aliphatic rings. The van der Waals surface area contributed by atoms with Crippen molar-refractivity contribution in [2.24, 2.45) is 0 Å². The van der Waals surface area contributed by atoms with E-state index in [-0.39, 0.29) is 31.1 Å². The Morgan fingerprint density at radius 2 is 0.442 bits per heavy atom. The maximum atomic E-state index is 12.9. The van der Waals surface area contributed by atoms with Crippen molar-refractivity contribution in [3.63, 3.8) is 0 Å². The van der Waals surface area contributed by atoms with Crippen molar-refractivity contribution in [1.29, 1.82) is 0 Å². The number of hydrogen-bond acceptors (Lipinski definition) is 6. The van der Waals surface area contributed by atoms with Gasteiger partial charge in [0.1, 0.15) is 13.2 Å². The van der Waals surface area contributed by atoms with E-state index in [1.807, 2.05) is 0 Å². The molecule has 0 spiro atoms. The van der Waals surface area contributed by atoms with E-state index in [2.05, 4.69) is 57.2 Å². The van der Waals surface area contributed by atoms with Crippen molar-refractivity contribution in [3.8, 4) is 0 Å². The van der Waals surface area contributed by atoms with E-state index in [4.69, 9.17) is 14.2 Å². The fourth-order valence-electron chi connectivity index (χ4n) is 10.4. The first-order valence-corrected chi connectivity index (χ1v) is 34.5. The molecule has 77 heavy (non-hydrogen) atoms. The number of unbranched alkanes of at least 4 members (excludes halogenated alkanes) is 47. The number of hydrogen-bond donors (Lipinski definition) is 0. The van der Waals surface area contributed by atoms with Crippen LogP contribution in [0.4, 0.5) is 0 Å². The van der Waals surface area contributed by atoms with Crippen LogP contribution in [0.25, 0.3) is 0 Å². The molecule has 0 aliphatic heterocycles. The van der Waals surface area contributed by atoms with Gasteiger partial charge in [0.2, 0.25) is 0 Å². The third kappa shape index (κ3) is 64.3. The van der Waals surface area contributed by atoms with Crippen LogP contribution in [0, 0.1) is 0 Å². The molecule has 0 N–H and O–H groups in total.